The normalized spacial score (nSPS) is 19.7. The quantitative estimate of drug-likeness (QED) is 0.384. The van der Waals surface area contributed by atoms with Crippen LogP contribution in [-0.2, 0) is 23.9 Å². The summed E-state index contributed by atoms with van der Waals surface area (Å²) in [6, 6.07) is -2.84. The van der Waals surface area contributed by atoms with Crippen LogP contribution in [0.2, 0.25) is 0 Å². The van der Waals surface area contributed by atoms with Crippen molar-refractivity contribution in [2.24, 2.45) is 11.3 Å². The summed E-state index contributed by atoms with van der Waals surface area (Å²) in [4.78, 5) is 64.0. The van der Waals surface area contributed by atoms with Crippen LogP contribution in [0.5, 0.6) is 0 Å². The molecule has 2 aliphatic rings. The molecule has 1 saturated heterocycles. The lowest BCUT2D eigenvalue weighted by molar-refractivity contribution is -0.142. The first-order valence-electron chi connectivity index (χ1n) is 12.2. The molecule has 1 saturated carbocycles. The zero-order chi connectivity index (χ0) is 25.5. The molecule has 0 aromatic carbocycles. The van der Waals surface area contributed by atoms with E-state index in [0.717, 1.165) is 19.3 Å². The van der Waals surface area contributed by atoms with Crippen molar-refractivity contribution in [1.82, 2.24) is 20.9 Å². The van der Waals surface area contributed by atoms with Gasteiger partial charge in [-0.3, -0.25) is 19.2 Å². The van der Waals surface area contributed by atoms with Crippen LogP contribution in [0, 0.1) is 11.3 Å². The van der Waals surface area contributed by atoms with Crippen LogP contribution < -0.4 is 16.0 Å². The van der Waals surface area contributed by atoms with Crippen molar-refractivity contribution in [3.8, 4) is 0 Å². The van der Waals surface area contributed by atoms with Crippen molar-refractivity contribution in [2.45, 2.75) is 91.3 Å². The maximum absolute atomic E-state index is 13.5. The van der Waals surface area contributed by atoms with Crippen molar-refractivity contribution < 1.29 is 28.7 Å². The summed E-state index contributed by atoms with van der Waals surface area (Å²) in [5, 5.41) is 7.91. The number of carbonyl (C=O) groups is 5. The van der Waals surface area contributed by atoms with Gasteiger partial charge in [-0.05, 0) is 50.4 Å². The first-order valence-corrected chi connectivity index (χ1v) is 12.2. The second kappa shape index (κ2) is 12.2. The second-order valence-corrected chi connectivity index (χ2v) is 10.4. The fourth-order valence-corrected chi connectivity index (χ4v) is 3.93. The number of urea groups is 1. The molecule has 3 unspecified atom stereocenters. The van der Waals surface area contributed by atoms with Crippen molar-refractivity contribution in [1.29, 1.82) is 0 Å². The highest BCUT2D eigenvalue weighted by atomic mass is 16.5. The van der Waals surface area contributed by atoms with Crippen molar-refractivity contribution >= 4 is 29.6 Å². The number of hydrogen-bond donors (Lipinski definition) is 3. The Labute approximate surface area is 201 Å². The molecule has 0 radical (unpaired) electrons. The van der Waals surface area contributed by atoms with Gasteiger partial charge in [0.25, 0.3) is 0 Å². The van der Waals surface area contributed by atoms with Crippen LogP contribution in [0.4, 0.5) is 4.79 Å². The van der Waals surface area contributed by atoms with E-state index in [1.54, 1.807) is 0 Å². The predicted octanol–water partition coefficient (Wildman–Crippen LogP) is 1.52. The summed E-state index contributed by atoms with van der Waals surface area (Å²) in [5.74, 6) is -0.933. The van der Waals surface area contributed by atoms with Gasteiger partial charge in [0, 0.05) is 6.54 Å². The summed E-state index contributed by atoms with van der Waals surface area (Å²) in [5.41, 5.74) is -0.644. The SMILES string of the molecule is CCCC(NC(=O)C1CCCN1C(=O)C(NC(=O)NCC(=O)OCC1CC1)C(C)(C)C)C(C)=O. The molecule has 0 aromatic rings. The lowest BCUT2D eigenvalue weighted by Gasteiger charge is -2.35. The highest BCUT2D eigenvalue weighted by molar-refractivity contribution is 5.95. The van der Waals surface area contributed by atoms with Gasteiger partial charge in [0.2, 0.25) is 11.8 Å². The number of carbonyl (C=O) groups excluding carboxylic acids is 5. The van der Waals surface area contributed by atoms with E-state index in [2.05, 4.69) is 16.0 Å². The van der Waals surface area contributed by atoms with Crippen LogP contribution in [0.3, 0.4) is 0 Å². The van der Waals surface area contributed by atoms with E-state index < -0.39 is 35.5 Å². The minimum absolute atomic E-state index is 0.118. The number of nitrogens with zero attached hydrogens (tertiary/aromatic N) is 1. The molecule has 0 aromatic heterocycles. The molecule has 192 valence electrons. The van der Waals surface area contributed by atoms with Gasteiger partial charge in [0.05, 0.1) is 12.6 Å². The number of amides is 4. The number of hydrogen-bond acceptors (Lipinski definition) is 6. The zero-order valence-corrected chi connectivity index (χ0v) is 21.1. The Kier molecular flexibility index (Phi) is 9.88. The molecule has 0 bridgehead atoms. The number of ether oxygens (including phenoxy) is 1. The third-order valence-corrected chi connectivity index (χ3v) is 6.18. The number of likely N-dealkylation sites (tertiary alicyclic amines) is 1. The first-order chi connectivity index (χ1) is 15.9. The Morgan fingerprint density at radius 2 is 1.74 bits per heavy atom. The molecular formula is C24H40N4O6. The lowest BCUT2D eigenvalue weighted by Crippen LogP contribution is -2.59. The number of ketones is 1. The standard InChI is InChI=1S/C24H40N4O6/c1-6-8-17(15(2)29)26-21(31)18-9-7-12-28(18)22(32)20(24(3,4)5)27-23(33)25-13-19(30)34-14-16-10-11-16/h16-18,20H,6-14H2,1-5H3,(H,26,31)(H2,25,27,33). The average Bonchev–Trinajstić information content (AvgIpc) is 3.46. The Balaban J connectivity index is 1.99. The van der Waals surface area contributed by atoms with E-state index in [9.17, 15) is 24.0 Å². The van der Waals surface area contributed by atoms with E-state index in [-0.39, 0.29) is 24.1 Å². The molecule has 4 amide bonds. The molecule has 1 aliphatic heterocycles. The smallest absolute Gasteiger partial charge is 0.325 e. The number of rotatable bonds is 11. The molecule has 3 atom stereocenters. The molecule has 10 heteroatoms. The molecule has 34 heavy (non-hydrogen) atoms. The second-order valence-electron chi connectivity index (χ2n) is 10.4. The fourth-order valence-electron chi connectivity index (χ4n) is 3.93. The van der Waals surface area contributed by atoms with Gasteiger partial charge in [0.15, 0.2) is 5.78 Å². The fraction of sp³-hybridized carbons (Fsp3) is 0.792. The highest BCUT2D eigenvalue weighted by Gasteiger charge is 2.42. The minimum atomic E-state index is -0.914. The van der Waals surface area contributed by atoms with Gasteiger partial charge in [0.1, 0.15) is 18.6 Å². The Bertz CT molecular complexity index is 774. The molecule has 2 rings (SSSR count). The predicted molar refractivity (Wildman–Crippen MR) is 126 cm³/mol. The summed E-state index contributed by atoms with van der Waals surface area (Å²) >= 11 is 0. The van der Waals surface area contributed by atoms with Crippen LogP contribution in [0.15, 0.2) is 0 Å². The van der Waals surface area contributed by atoms with Gasteiger partial charge < -0.3 is 25.6 Å². The molecule has 1 heterocycles. The van der Waals surface area contributed by atoms with Gasteiger partial charge in [-0.1, -0.05) is 34.1 Å². The summed E-state index contributed by atoms with van der Waals surface area (Å²) < 4.78 is 5.10. The van der Waals surface area contributed by atoms with E-state index in [1.165, 1.54) is 11.8 Å². The molecule has 0 spiro atoms. The maximum atomic E-state index is 13.5. The molecular weight excluding hydrogens is 440 g/mol. The maximum Gasteiger partial charge on any atom is 0.325 e. The molecule has 10 nitrogen and oxygen atoms in total. The summed E-state index contributed by atoms with van der Waals surface area (Å²) in [6.45, 7) is 9.30. The minimum Gasteiger partial charge on any atom is -0.464 e. The Hall–Kier alpha value is -2.65. The average molecular weight is 481 g/mol. The van der Waals surface area contributed by atoms with Gasteiger partial charge in [-0.25, -0.2) is 4.79 Å². The van der Waals surface area contributed by atoms with Crippen LogP contribution in [0.1, 0.15) is 73.1 Å². The number of esters is 1. The molecule has 1 aliphatic carbocycles. The summed E-state index contributed by atoms with van der Waals surface area (Å²) in [6.07, 6.45) is 4.54. The monoisotopic (exact) mass is 480 g/mol. The van der Waals surface area contributed by atoms with Crippen LogP contribution in [-0.4, -0.2) is 72.3 Å². The summed E-state index contributed by atoms with van der Waals surface area (Å²) in [7, 11) is 0. The molecule has 2 fully saturated rings. The zero-order valence-electron chi connectivity index (χ0n) is 21.1. The van der Waals surface area contributed by atoms with E-state index in [0.29, 0.717) is 38.3 Å². The molecule has 3 N–H and O–H groups in total. The van der Waals surface area contributed by atoms with Gasteiger partial charge >= 0.3 is 12.0 Å². The van der Waals surface area contributed by atoms with Crippen LogP contribution >= 0.6 is 0 Å². The van der Waals surface area contributed by atoms with Crippen LogP contribution in [0.25, 0.3) is 0 Å². The van der Waals surface area contributed by atoms with E-state index in [4.69, 9.17) is 4.74 Å². The van der Waals surface area contributed by atoms with Crippen molar-refractivity contribution in [3.63, 3.8) is 0 Å². The van der Waals surface area contributed by atoms with E-state index in [1.807, 2.05) is 27.7 Å². The third-order valence-electron chi connectivity index (χ3n) is 6.18. The first kappa shape index (κ1) is 27.6. The highest BCUT2D eigenvalue weighted by Crippen LogP contribution is 2.29. The van der Waals surface area contributed by atoms with Gasteiger partial charge in [-0.2, -0.15) is 0 Å². The van der Waals surface area contributed by atoms with Crippen molar-refractivity contribution in [2.75, 3.05) is 19.7 Å². The third kappa shape index (κ3) is 8.29. The number of Topliss-reactive ketones (excluding diaryl/α,β-unsaturated/α-hetero) is 1. The van der Waals surface area contributed by atoms with Crippen molar-refractivity contribution in [3.05, 3.63) is 0 Å². The van der Waals surface area contributed by atoms with Gasteiger partial charge in [-0.15, -0.1) is 0 Å². The number of nitrogens with one attached hydrogen (secondary N) is 3. The largest absolute Gasteiger partial charge is 0.464 e. The Morgan fingerprint density at radius 3 is 2.29 bits per heavy atom. The topological polar surface area (TPSA) is 134 Å². The Morgan fingerprint density at radius 1 is 1.06 bits per heavy atom. The lowest BCUT2D eigenvalue weighted by atomic mass is 9.85. The van der Waals surface area contributed by atoms with E-state index >= 15 is 0 Å².